The summed E-state index contributed by atoms with van der Waals surface area (Å²) in [5, 5.41) is 0. The zero-order valence-corrected chi connectivity index (χ0v) is 30.2. The first-order chi connectivity index (χ1) is 22.6. The molecule has 4 aliphatic rings. The SMILES string of the molecule is CC(C)(C)OC(=O)Cc1ccc2c(c1)C1(OC2=O)c2ccc(B3OC(C)(C)C(C)(C)O3)cc2Oc2cc(B3OC(C)(C)C(C)(C)O3)ccc21. The lowest BCUT2D eigenvalue weighted by molar-refractivity contribution is -0.153. The third-order valence-corrected chi connectivity index (χ3v) is 10.7. The van der Waals surface area contributed by atoms with Crippen LogP contribution >= 0.6 is 0 Å². The monoisotopic (exact) mass is 666 g/mol. The molecular formula is C38H44B2O9. The van der Waals surface area contributed by atoms with E-state index >= 15 is 0 Å². The lowest BCUT2D eigenvalue weighted by Gasteiger charge is -2.37. The van der Waals surface area contributed by atoms with E-state index < -0.39 is 53.8 Å². The third-order valence-electron chi connectivity index (χ3n) is 10.7. The van der Waals surface area contributed by atoms with E-state index in [0.717, 1.165) is 10.9 Å². The number of carbonyl (C=O) groups is 2. The minimum atomic E-state index is -1.36. The Hall–Kier alpha value is -3.63. The third kappa shape index (κ3) is 5.41. The number of hydrogen-bond donors (Lipinski definition) is 0. The van der Waals surface area contributed by atoms with E-state index in [9.17, 15) is 9.59 Å². The Kier molecular flexibility index (Phi) is 7.38. The van der Waals surface area contributed by atoms with Crippen molar-refractivity contribution < 1.29 is 42.4 Å². The average Bonchev–Trinajstić information content (AvgIpc) is 3.48. The fourth-order valence-corrected chi connectivity index (χ4v) is 6.71. The van der Waals surface area contributed by atoms with Gasteiger partial charge in [-0.1, -0.05) is 30.3 Å². The summed E-state index contributed by atoms with van der Waals surface area (Å²) in [6.45, 7) is 21.6. The topological polar surface area (TPSA) is 98.8 Å². The Balaban J connectivity index is 1.37. The summed E-state index contributed by atoms with van der Waals surface area (Å²) in [6, 6.07) is 16.8. The molecule has 0 saturated carbocycles. The number of fused-ring (bicyclic) bond motifs is 6. The minimum Gasteiger partial charge on any atom is -0.460 e. The van der Waals surface area contributed by atoms with Gasteiger partial charge < -0.3 is 32.8 Å². The maximum Gasteiger partial charge on any atom is 0.494 e. The molecule has 0 radical (unpaired) electrons. The quantitative estimate of drug-likeness (QED) is 0.255. The zero-order chi connectivity index (χ0) is 35.5. The summed E-state index contributed by atoms with van der Waals surface area (Å²) in [4.78, 5) is 26.6. The van der Waals surface area contributed by atoms with Gasteiger partial charge in [-0.3, -0.25) is 4.79 Å². The predicted molar refractivity (Wildman–Crippen MR) is 186 cm³/mol. The largest absolute Gasteiger partial charge is 0.494 e. The number of hydrogen-bond acceptors (Lipinski definition) is 9. The molecule has 9 nitrogen and oxygen atoms in total. The van der Waals surface area contributed by atoms with Crippen molar-refractivity contribution in [2.45, 2.75) is 116 Å². The van der Waals surface area contributed by atoms with Gasteiger partial charge in [0.1, 0.15) is 17.1 Å². The molecule has 256 valence electrons. The summed E-state index contributed by atoms with van der Waals surface area (Å²) in [5.41, 5.74) is 0.413. The number of rotatable bonds is 4. The van der Waals surface area contributed by atoms with Crippen LogP contribution in [0.25, 0.3) is 0 Å². The molecule has 0 aromatic heterocycles. The molecule has 49 heavy (non-hydrogen) atoms. The molecule has 3 aromatic carbocycles. The van der Waals surface area contributed by atoms with Crippen LogP contribution in [0.4, 0.5) is 0 Å². The van der Waals surface area contributed by atoms with Gasteiger partial charge in [0.2, 0.25) is 0 Å². The summed E-state index contributed by atoms with van der Waals surface area (Å²) < 4.78 is 44.2. The fourth-order valence-electron chi connectivity index (χ4n) is 6.71. The standard InChI is InChI=1S/C38H44B2O9/c1-33(2,3)44-31(41)19-22-12-15-25-28(18-22)38(45-32(25)42)26-16-13-23(39-46-34(4,5)35(6,7)47-39)20-29(26)43-30-21-24(14-17-27(30)38)40-48-36(8,9)37(10,11)49-40/h12-18,20-21H,19H2,1-11H3. The summed E-state index contributed by atoms with van der Waals surface area (Å²) in [7, 11) is -1.27. The molecule has 0 bridgehead atoms. The van der Waals surface area contributed by atoms with Crippen LogP contribution in [0.15, 0.2) is 54.6 Å². The van der Waals surface area contributed by atoms with Gasteiger partial charge in [-0.2, -0.15) is 0 Å². The van der Waals surface area contributed by atoms with Crippen molar-refractivity contribution in [1.82, 2.24) is 0 Å². The molecule has 0 amide bonds. The molecule has 4 aliphatic heterocycles. The first-order valence-corrected chi connectivity index (χ1v) is 16.9. The van der Waals surface area contributed by atoms with Gasteiger partial charge in [0.15, 0.2) is 5.60 Å². The molecule has 2 fully saturated rings. The molecule has 0 unspecified atom stereocenters. The molecule has 0 N–H and O–H groups in total. The molecule has 3 aromatic rings. The summed E-state index contributed by atoms with van der Waals surface area (Å²) in [6.07, 6.45) is 0.0345. The van der Waals surface area contributed by atoms with Crippen LogP contribution in [0.5, 0.6) is 11.5 Å². The highest BCUT2D eigenvalue weighted by atomic mass is 16.7. The van der Waals surface area contributed by atoms with Crippen LogP contribution in [0, 0.1) is 0 Å². The van der Waals surface area contributed by atoms with Gasteiger partial charge >= 0.3 is 26.2 Å². The minimum absolute atomic E-state index is 0.0345. The van der Waals surface area contributed by atoms with Crippen molar-refractivity contribution in [3.05, 3.63) is 82.4 Å². The molecule has 7 rings (SSSR count). The highest BCUT2D eigenvalue weighted by Crippen LogP contribution is 2.56. The second kappa shape index (κ2) is 10.7. The summed E-state index contributed by atoms with van der Waals surface area (Å²) >= 11 is 0. The van der Waals surface area contributed by atoms with E-state index in [-0.39, 0.29) is 12.4 Å². The van der Waals surface area contributed by atoms with Crippen molar-refractivity contribution in [2.75, 3.05) is 0 Å². The van der Waals surface area contributed by atoms with E-state index in [4.69, 9.17) is 32.8 Å². The summed E-state index contributed by atoms with van der Waals surface area (Å²) in [5.74, 6) is 0.147. The molecule has 0 atom stereocenters. The van der Waals surface area contributed by atoms with E-state index in [0.29, 0.717) is 39.3 Å². The number of carbonyl (C=O) groups excluding carboxylic acids is 2. The van der Waals surface area contributed by atoms with Crippen LogP contribution in [0.1, 0.15) is 109 Å². The Labute approximate surface area is 289 Å². The Morgan fingerprint density at radius 1 is 0.673 bits per heavy atom. The number of benzene rings is 3. The van der Waals surface area contributed by atoms with Crippen molar-refractivity contribution in [3.8, 4) is 11.5 Å². The lowest BCUT2D eigenvalue weighted by Crippen LogP contribution is -2.41. The fraction of sp³-hybridized carbons (Fsp3) is 0.474. The Morgan fingerprint density at radius 3 is 1.59 bits per heavy atom. The molecule has 4 heterocycles. The normalized spacial score (nSPS) is 21.9. The predicted octanol–water partition coefficient (Wildman–Crippen LogP) is 5.74. The van der Waals surface area contributed by atoms with E-state index in [1.54, 1.807) is 12.1 Å². The maximum atomic E-state index is 13.7. The molecule has 2 saturated heterocycles. The molecule has 0 aliphatic carbocycles. The molecular weight excluding hydrogens is 622 g/mol. The average molecular weight is 666 g/mol. The number of esters is 2. The van der Waals surface area contributed by atoms with Crippen molar-refractivity contribution in [2.24, 2.45) is 0 Å². The zero-order valence-electron chi connectivity index (χ0n) is 30.2. The number of ether oxygens (including phenoxy) is 3. The lowest BCUT2D eigenvalue weighted by atomic mass is 9.72. The van der Waals surface area contributed by atoms with Crippen molar-refractivity contribution >= 4 is 37.1 Å². The van der Waals surface area contributed by atoms with E-state index in [1.165, 1.54) is 0 Å². The highest BCUT2D eigenvalue weighted by molar-refractivity contribution is 6.62. The second-order valence-corrected chi connectivity index (χ2v) is 16.5. The van der Waals surface area contributed by atoms with E-state index in [1.807, 2.05) is 119 Å². The Morgan fingerprint density at radius 2 is 1.14 bits per heavy atom. The van der Waals surface area contributed by atoms with Gasteiger partial charge in [-0.05, 0) is 117 Å². The van der Waals surface area contributed by atoms with Crippen LogP contribution in [-0.2, 0) is 44.9 Å². The van der Waals surface area contributed by atoms with Gasteiger partial charge in [-0.25, -0.2) is 4.79 Å². The van der Waals surface area contributed by atoms with Crippen LogP contribution in [-0.4, -0.2) is 54.2 Å². The van der Waals surface area contributed by atoms with Gasteiger partial charge in [0.25, 0.3) is 0 Å². The highest BCUT2D eigenvalue weighted by Gasteiger charge is 2.57. The van der Waals surface area contributed by atoms with Crippen LogP contribution in [0.3, 0.4) is 0 Å². The molecule has 1 spiro atoms. The van der Waals surface area contributed by atoms with Gasteiger partial charge in [-0.15, -0.1) is 0 Å². The molecule has 11 heteroatoms. The van der Waals surface area contributed by atoms with Crippen LogP contribution < -0.4 is 15.7 Å². The smallest absolute Gasteiger partial charge is 0.460 e. The van der Waals surface area contributed by atoms with Gasteiger partial charge in [0, 0.05) is 16.7 Å². The van der Waals surface area contributed by atoms with Crippen molar-refractivity contribution in [3.63, 3.8) is 0 Å². The first kappa shape index (κ1) is 33.8. The van der Waals surface area contributed by atoms with Crippen molar-refractivity contribution in [1.29, 1.82) is 0 Å². The second-order valence-electron chi connectivity index (χ2n) is 16.5. The Bertz CT molecular complexity index is 1770. The van der Waals surface area contributed by atoms with Crippen LogP contribution in [0.2, 0.25) is 0 Å². The van der Waals surface area contributed by atoms with E-state index in [2.05, 4.69) is 0 Å². The van der Waals surface area contributed by atoms with Gasteiger partial charge in [0.05, 0.1) is 34.4 Å². The maximum absolute atomic E-state index is 13.7. The first-order valence-electron chi connectivity index (χ1n) is 16.9.